The number of rotatable bonds is 4. The third-order valence-electron chi connectivity index (χ3n) is 11.3. The lowest BCUT2D eigenvalue weighted by Crippen LogP contribution is -2.35. The second kappa shape index (κ2) is 12.9. The Kier molecular flexibility index (Phi) is 7.36. The molecule has 262 valence electrons. The summed E-state index contributed by atoms with van der Waals surface area (Å²) in [5, 5.41) is 2.24. The standard InChI is InChI=1S/C52H33N3O/c1-2-13-39(14-3-1)51-54-47(38-25-20-34(21-26-38)41-15-10-30-53-33-41)32-48(55-51)40-27-24-37-23-22-36-12-5-7-17-43(36)52(46(37)31-40)44-18-8-9-19-49(44)56-50-42-16-6-4-11-35(42)28-29-45(50)52/h1-33H. The maximum Gasteiger partial charge on any atom is 0.160 e. The SMILES string of the molecule is C1=Cc2ccc(-c3cc(-c4ccc(-c5cccnc5)cc4)nc(-c4ccccc4)n3)cc2C2(c3ccccc31)c1ccccc1Oc1c2ccc2ccccc12. The fourth-order valence-corrected chi connectivity index (χ4v) is 8.67. The summed E-state index contributed by atoms with van der Waals surface area (Å²) < 4.78 is 6.93. The van der Waals surface area contributed by atoms with Crippen LogP contribution in [0.15, 0.2) is 188 Å². The molecule has 11 rings (SSSR count). The number of benzene rings is 7. The summed E-state index contributed by atoms with van der Waals surface area (Å²) in [5.41, 5.74) is 13.1. The van der Waals surface area contributed by atoms with Crippen molar-refractivity contribution in [1.29, 1.82) is 0 Å². The molecule has 0 saturated carbocycles. The number of fused-ring (bicyclic) bond motifs is 10. The number of hydrogen-bond donors (Lipinski definition) is 0. The minimum atomic E-state index is -0.695. The van der Waals surface area contributed by atoms with E-state index in [1.165, 1.54) is 16.7 Å². The molecule has 4 heteroatoms. The van der Waals surface area contributed by atoms with Crippen LogP contribution in [0, 0.1) is 0 Å². The van der Waals surface area contributed by atoms with E-state index in [1.807, 2.05) is 30.5 Å². The third-order valence-corrected chi connectivity index (χ3v) is 11.3. The molecule has 2 aromatic heterocycles. The highest BCUT2D eigenvalue weighted by molar-refractivity contribution is 5.94. The van der Waals surface area contributed by atoms with Crippen LogP contribution in [0.25, 0.3) is 68.0 Å². The van der Waals surface area contributed by atoms with Crippen molar-refractivity contribution in [2.45, 2.75) is 5.41 Å². The summed E-state index contributed by atoms with van der Waals surface area (Å²) in [5.74, 6) is 2.42. The smallest absolute Gasteiger partial charge is 0.160 e. The van der Waals surface area contributed by atoms with Crippen molar-refractivity contribution >= 4 is 22.9 Å². The lowest BCUT2D eigenvalue weighted by atomic mass is 9.62. The van der Waals surface area contributed by atoms with Gasteiger partial charge in [-0.05, 0) is 63.0 Å². The van der Waals surface area contributed by atoms with Crippen LogP contribution in [0.1, 0.15) is 33.4 Å². The van der Waals surface area contributed by atoms with Gasteiger partial charge in [0.25, 0.3) is 0 Å². The van der Waals surface area contributed by atoms with Crippen molar-refractivity contribution in [3.63, 3.8) is 0 Å². The summed E-state index contributed by atoms with van der Waals surface area (Å²) in [7, 11) is 0. The van der Waals surface area contributed by atoms with Crippen molar-refractivity contribution in [3.05, 3.63) is 222 Å². The van der Waals surface area contributed by atoms with Gasteiger partial charge in [0.15, 0.2) is 5.82 Å². The Balaban J connectivity index is 1.17. The van der Waals surface area contributed by atoms with Gasteiger partial charge in [-0.1, -0.05) is 164 Å². The first kappa shape index (κ1) is 32.0. The number of pyridine rings is 1. The van der Waals surface area contributed by atoms with Gasteiger partial charge < -0.3 is 4.74 Å². The van der Waals surface area contributed by atoms with E-state index < -0.39 is 5.41 Å². The lowest BCUT2D eigenvalue weighted by molar-refractivity contribution is 0.439. The minimum Gasteiger partial charge on any atom is -0.456 e. The van der Waals surface area contributed by atoms with Crippen LogP contribution in [0.5, 0.6) is 11.5 Å². The first-order valence-corrected chi connectivity index (χ1v) is 18.9. The Bertz CT molecular complexity index is 2990. The molecule has 0 N–H and O–H groups in total. The van der Waals surface area contributed by atoms with E-state index in [-0.39, 0.29) is 0 Å². The monoisotopic (exact) mass is 715 g/mol. The van der Waals surface area contributed by atoms with Gasteiger partial charge in [0, 0.05) is 45.6 Å². The molecule has 3 heterocycles. The molecule has 1 unspecified atom stereocenters. The maximum absolute atomic E-state index is 6.93. The van der Waals surface area contributed by atoms with Gasteiger partial charge in [-0.25, -0.2) is 9.97 Å². The van der Waals surface area contributed by atoms with Crippen molar-refractivity contribution in [2.24, 2.45) is 0 Å². The van der Waals surface area contributed by atoms with Gasteiger partial charge in [-0.3, -0.25) is 4.98 Å². The van der Waals surface area contributed by atoms with Crippen LogP contribution < -0.4 is 4.74 Å². The second-order valence-electron chi connectivity index (χ2n) is 14.4. The Morgan fingerprint density at radius 2 is 1.11 bits per heavy atom. The summed E-state index contributed by atoms with van der Waals surface area (Å²) >= 11 is 0. The first-order chi connectivity index (χ1) is 27.7. The Morgan fingerprint density at radius 1 is 0.429 bits per heavy atom. The molecule has 4 nitrogen and oxygen atoms in total. The molecule has 0 saturated heterocycles. The highest BCUT2D eigenvalue weighted by Crippen LogP contribution is 2.59. The molecule has 0 fully saturated rings. The van der Waals surface area contributed by atoms with E-state index in [2.05, 4.69) is 169 Å². The van der Waals surface area contributed by atoms with Crippen LogP contribution in [-0.2, 0) is 5.41 Å². The van der Waals surface area contributed by atoms with Crippen LogP contribution in [0.4, 0.5) is 0 Å². The molecular weight excluding hydrogens is 683 g/mol. The van der Waals surface area contributed by atoms with Gasteiger partial charge in [-0.2, -0.15) is 0 Å². The maximum atomic E-state index is 6.93. The van der Waals surface area contributed by atoms with E-state index in [0.717, 1.165) is 78.2 Å². The van der Waals surface area contributed by atoms with Gasteiger partial charge in [0.05, 0.1) is 16.8 Å². The molecule has 0 amide bonds. The molecule has 1 spiro atoms. The van der Waals surface area contributed by atoms with Gasteiger partial charge in [0.1, 0.15) is 11.5 Å². The summed E-state index contributed by atoms with van der Waals surface area (Å²) in [6.07, 6.45) is 8.21. The van der Waals surface area contributed by atoms with Crippen molar-refractivity contribution in [1.82, 2.24) is 15.0 Å². The molecule has 7 aromatic carbocycles. The van der Waals surface area contributed by atoms with Gasteiger partial charge in [0.2, 0.25) is 0 Å². The molecule has 1 atom stereocenters. The van der Waals surface area contributed by atoms with Crippen LogP contribution in [-0.4, -0.2) is 15.0 Å². The Morgan fingerprint density at radius 3 is 1.95 bits per heavy atom. The second-order valence-corrected chi connectivity index (χ2v) is 14.4. The van der Waals surface area contributed by atoms with Crippen LogP contribution >= 0.6 is 0 Å². The third kappa shape index (κ3) is 5.04. The molecule has 56 heavy (non-hydrogen) atoms. The van der Waals surface area contributed by atoms with Crippen molar-refractivity contribution < 1.29 is 4.74 Å². The largest absolute Gasteiger partial charge is 0.456 e. The van der Waals surface area contributed by atoms with E-state index in [9.17, 15) is 0 Å². The Labute approximate surface area is 325 Å². The van der Waals surface area contributed by atoms with E-state index in [4.69, 9.17) is 14.7 Å². The molecule has 1 aliphatic carbocycles. The van der Waals surface area contributed by atoms with Crippen LogP contribution in [0.3, 0.4) is 0 Å². The molecule has 2 aliphatic rings. The molecule has 0 bridgehead atoms. The fraction of sp³-hybridized carbons (Fsp3) is 0.0192. The summed E-state index contributed by atoms with van der Waals surface area (Å²) in [6.45, 7) is 0. The minimum absolute atomic E-state index is 0.678. The van der Waals surface area contributed by atoms with E-state index >= 15 is 0 Å². The average molecular weight is 716 g/mol. The number of para-hydroxylation sites is 1. The zero-order valence-corrected chi connectivity index (χ0v) is 30.3. The Hall–Kier alpha value is -7.43. The fourth-order valence-electron chi connectivity index (χ4n) is 8.67. The molecular formula is C52H33N3O. The molecule has 0 radical (unpaired) electrons. The van der Waals surface area contributed by atoms with Crippen molar-refractivity contribution in [3.8, 4) is 56.5 Å². The van der Waals surface area contributed by atoms with Gasteiger partial charge >= 0.3 is 0 Å². The molecule has 9 aromatic rings. The predicted molar refractivity (Wildman–Crippen MR) is 226 cm³/mol. The number of nitrogens with zero attached hydrogens (tertiary/aromatic N) is 3. The number of hydrogen-bond acceptors (Lipinski definition) is 4. The summed E-state index contributed by atoms with van der Waals surface area (Å²) in [6, 6.07) is 62.1. The predicted octanol–water partition coefficient (Wildman–Crippen LogP) is 12.7. The summed E-state index contributed by atoms with van der Waals surface area (Å²) in [4.78, 5) is 14.8. The average Bonchev–Trinajstić information content (AvgIpc) is 3.42. The zero-order valence-electron chi connectivity index (χ0n) is 30.3. The normalized spacial score (nSPS) is 14.9. The molecule has 1 aliphatic heterocycles. The first-order valence-electron chi connectivity index (χ1n) is 18.9. The van der Waals surface area contributed by atoms with Gasteiger partial charge in [-0.15, -0.1) is 0 Å². The number of ether oxygens (including phenoxy) is 1. The number of aromatic nitrogens is 3. The van der Waals surface area contributed by atoms with E-state index in [1.54, 1.807) is 6.20 Å². The quantitative estimate of drug-likeness (QED) is 0.182. The van der Waals surface area contributed by atoms with E-state index in [0.29, 0.717) is 5.82 Å². The van der Waals surface area contributed by atoms with Crippen molar-refractivity contribution in [2.75, 3.05) is 0 Å². The highest BCUT2D eigenvalue weighted by atomic mass is 16.5. The zero-order chi connectivity index (χ0) is 37.1. The highest BCUT2D eigenvalue weighted by Gasteiger charge is 2.48. The lowest BCUT2D eigenvalue weighted by Gasteiger charge is -2.42. The topological polar surface area (TPSA) is 47.9 Å². The van der Waals surface area contributed by atoms with Crippen LogP contribution in [0.2, 0.25) is 0 Å².